The number of β-amino-alcohol motifs (C(OH)–C–C–N with tert-alkyl or cyclic N) is 1. The van der Waals surface area contributed by atoms with Crippen LogP contribution >= 0.6 is 0 Å². The molecule has 3 N–H and O–H groups in total. The van der Waals surface area contributed by atoms with Gasteiger partial charge in [0.05, 0.1) is 6.10 Å². The van der Waals surface area contributed by atoms with Crippen LogP contribution in [0.25, 0.3) is 10.8 Å². The van der Waals surface area contributed by atoms with Crippen molar-refractivity contribution < 1.29 is 5.11 Å². The molecule has 0 amide bonds. The fourth-order valence-corrected chi connectivity index (χ4v) is 4.12. The second-order valence-electron chi connectivity index (χ2n) is 7.16. The van der Waals surface area contributed by atoms with E-state index in [1.807, 2.05) is 0 Å². The maximum atomic E-state index is 10.5. The van der Waals surface area contributed by atoms with Gasteiger partial charge in [-0.15, -0.1) is 0 Å². The van der Waals surface area contributed by atoms with Crippen LogP contribution in [-0.4, -0.2) is 55.4 Å². The van der Waals surface area contributed by atoms with Gasteiger partial charge >= 0.3 is 0 Å². The summed E-state index contributed by atoms with van der Waals surface area (Å²) in [5.41, 5.74) is 7.15. The molecular formula is C19H25N3O. The van der Waals surface area contributed by atoms with Gasteiger partial charge < -0.3 is 20.6 Å². The number of aliphatic hydroxyl groups excluding tert-OH is 1. The predicted molar refractivity (Wildman–Crippen MR) is 94.6 cm³/mol. The first-order valence-corrected chi connectivity index (χ1v) is 8.48. The molecule has 1 heterocycles. The number of fused-ring (bicyclic) bond motifs is 2. The highest BCUT2D eigenvalue weighted by Crippen LogP contribution is 2.43. The normalized spacial score (nSPS) is 27.9. The Balaban J connectivity index is 1.40. The fraction of sp³-hybridized carbons (Fsp3) is 0.474. The van der Waals surface area contributed by atoms with Crippen molar-refractivity contribution in [1.29, 1.82) is 0 Å². The number of nitrogens with zero attached hydrogens (tertiary/aromatic N) is 2. The highest BCUT2D eigenvalue weighted by Gasteiger charge is 2.53. The number of anilines is 1. The van der Waals surface area contributed by atoms with Gasteiger partial charge in [0.1, 0.15) is 0 Å². The average Bonchev–Trinajstić information content (AvgIpc) is 2.96. The Morgan fingerprint density at radius 2 is 1.87 bits per heavy atom. The summed E-state index contributed by atoms with van der Waals surface area (Å²) in [4.78, 5) is 4.52. The van der Waals surface area contributed by atoms with Crippen LogP contribution in [0.3, 0.4) is 0 Å². The quantitative estimate of drug-likeness (QED) is 0.879. The SMILES string of the molecule is CN(CC(O)CN1C[C@@H]2C(N)[C@@H]2C1)c1cccc2ccccc12. The summed E-state index contributed by atoms with van der Waals surface area (Å²) < 4.78 is 0. The zero-order chi connectivity index (χ0) is 16.0. The standard InChI is InChI=1S/C19H25N3O/c1-21(18-8-4-6-13-5-2-3-7-15(13)18)9-14(23)10-22-11-16-17(12-22)19(16)20/h2-8,14,16-17,19,23H,9-12,20H2,1H3/t14?,16-,17+,19?. The van der Waals surface area contributed by atoms with Crippen LogP contribution in [-0.2, 0) is 0 Å². The van der Waals surface area contributed by atoms with E-state index in [4.69, 9.17) is 5.73 Å². The molecule has 1 saturated heterocycles. The number of nitrogens with two attached hydrogens (primary N) is 1. The van der Waals surface area contributed by atoms with Crippen molar-refractivity contribution in [3.05, 3.63) is 42.5 Å². The Morgan fingerprint density at radius 1 is 1.17 bits per heavy atom. The van der Waals surface area contributed by atoms with E-state index in [2.05, 4.69) is 59.3 Å². The molecule has 4 atom stereocenters. The minimum absolute atomic E-state index is 0.340. The topological polar surface area (TPSA) is 52.7 Å². The van der Waals surface area contributed by atoms with E-state index in [9.17, 15) is 5.11 Å². The minimum atomic E-state index is -0.340. The third-order valence-electron chi connectivity index (χ3n) is 5.47. The second kappa shape index (κ2) is 5.78. The number of benzene rings is 2. The molecule has 2 aliphatic rings. The summed E-state index contributed by atoms with van der Waals surface area (Å²) in [6.07, 6.45) is -0.340. The first kappa shape index (κ1) is 14.9. The van der Waals surface area contributed by atoms with Crippen LogP contribution in [0.15, 0.2) is 42.5 Å². The van der Waals surface area contributed by atoms with E-state index < -0.39 is 0 Å². The highest BCUT2D eigenvalue weighted by molar-refractivity contribution is 5.94. The van der Waals surface area contributed by atoms with Crippen molar-refractivity contribution in [3.8, 4) is 0 Å². The lowest BCUT2D eigenvalue weighted by Gasteiger charge is -2.27. The Kier molecular flexibility index (Phi) is 3.76. The summed E-state index contributed by atoms with van der Waals surface area (Å²) in [5, 5.41) is 12.9. The molecule has 122 valence electrons. The first-order valence-electron chi connectivity index (χ1n) is 8.48. The second-order valence-corrected chi connectivity index (χ2v) is 7.16. The summed E-state index contributed by atoms with van der Waals surface area (Å²) >= 11 is 0. The molecule has 4 heteroatoms. The number of hydrogen-bond donors (Lipinski definition) is 2. The van der Waals surface area contributed by atoms with Gasteiger partial charge in [0.15, 0.2) is 0 Å². The van der Waals surface area contributed by atoms with Crippen LogP contribution in [0, 0.1) is 11.8 Å². The van der Waals surface area contributed by atoms with Gasteiger partial charge in [-0.25, -0.2) is 0 Å². The lowest BCUT2D eigenvalue weighted by atomic mass is 10.1. The molecule has 2 unspecified atom stereocenters. The van der Waals surface area contributed by atoms with Gasteiger partial charge in [0.2, 0.25) is 0 Å². The van der Waals surface area contributed by atoms with Crippen molar-refractivity contribution >= 4 is 16.5 Å². The van der Waals surface area contributed by atoms with Crippen molar-refractivity contribution in [3.63, 3.8) is 0 Å². The molecule has 23 heavy (non-hydrogen) atoms. The monoisotopic (exact) mass is 311 g/mol. The zero-order valence-electron chi connectivity index (χ0n) is 13.6. The summed E-state index contributed by atoms with van der Waals surface area (Å²) in [6, 6.07) is 15.1. The maximum Gasteiger partial charge on any atom is 0.0841 e. The molecule has 1 saturated carbocycles. The van der Waals surface area contributed by atoms with Crippen LogP contribution in [0.5, 0.6) is 0 Å². The smallest absolute Gasteiger partial charge is 0.0841 e. The largest absolute Gasteiger partial charge is 0.390 e. The lowest BCUT2D eigenvalue weighted by molar-refractivity contribution is 0.123. The molecule has 2 aromatic rings. The molecule has 2 fully saturated rings. The first-order chi connectivity index (χ1) is 11.1. The van der Waals surface area contributed by atoms with E-state index in [1.54, 1.807) is 0 Å². The highest BCUT2D eigenvalue weighted by atomic mass is 16.3. The van der Waals surface area contributed by atoms with E-state index in [1.165, 1.54) is 16.5 Å². The van der Waals surface area contributed by atoms with Crippen molar-refractivity contribution in [2.75, 3.05) is 38.1 Å². The Morgan fingerprint density at radius 3 is 2.65 bits per heavy atom. The van der Waals surface area contributed by atoms with E-state index in [0.717, 1.165) is 19.6 Å². The van der Waals surface area contributed by atoms with Gasteiger partial charge in [-0.1, -0.05) is 36.4 Å². The number of likely N-dealkylation sites (tertiary alicyclic amines) is 1. The van der Waals surface area contributed by atoms with Crippen LogP contribution in [0.2, 0.25) is 0 Å². The van der Waals surface area contributed by atoms with E-state index in [0.29, 0.717) is 24.4 Å². The van der Waals surface area contributed by atoms with Crippen LogP contribution in [0.4, 0.5) is 5.69 Å². The van der Waals surface area contributed by atoms with Crippen molar-refractivity contribution in [2.24, 2.45) is 17.6 Å². The zero-order valence-corrected chi connectivity index (χ0v) is 13.6. The molecular weight excluding hydrogens is 286 g/mol. The Bertz CT molecular complexity index is 687. The fourth-order valence-electron chi connectivity index (χ4n) is 4.12. The van der Waals surface area contributed by atoms with Crippen LogP contribution in [0.1, 0.15) is 0 Å². The van der Waals surface area contributed by atoms with Gasteiger partial charge in [0, 0.05) is 50.3 Å². The molecule has 0 radical (unpaired) electrons. The summed E-state index contributed by atoms with van der Waals surface area (Å²) in [6.45, 7) is 3.50. The number of rotatable bonds is 5. The van der Waals surface area contributed by atoms with E-state index in [-0.39, 0.29) is 6.10 Å². The molecule has 0 bridgehead atoms. The number of piperidine rings is 1. The molecule has 2 aromatic carbocycles. The maximum absolute atomic E-state index is 10.5. The average molecular weight is 311 g/mol. The molecule has 0 spiro atoms. The van der Waals surface area contributed by atoms with Gasteiger partial charge in [-0.2, -0.15) is 0 Å². The van der Waals surface area contributed by atoms with Crippen molar-refractivity contribution in [2.45, 2.75) is 12.1 Å². The summed E-state index contributed by atoms with van der Waals surface area (Å²) in [5.74, 6) is 1.36. The molecule has 4 nitrogen and oxygen atoms in total. The Hall–Kier alpha value is -1.62. The molecule has 4 rings (SSSR count). The van der Waals surface area contributed by atoms with E-state index >= 15 is 0 Å². The minimum Gasteiger partial charge on any atom is -0.390 e. The third-order valence-corrected chi connectivity index (χ3v) is 5.47. The Labute approximate surface area is 137 Å². The number of likely N-dealkylation sites (N-methyl/N-ethyl adjacent to an activating group) is 1. The molecule has 1 aliphatic heterocycles. The summed E-state index contributed by atoms with van der Waals surface area (Å²) in [7, 11) is 2.06. The van der Waals surface area contributed by atoms with Gasteiger partial charge in [-0.05, 0) is 23.3 Å². The molecule has 0 aromatic heterocycles. The van der Waals surface area contributed by atoms with Gasteiger partial charge in [-0.3, -0.25) is 0 Å². The predicted octanol–water partition coefficient (Wildman–Crippen LogP) is 1.53. The third kappa shape index (κ3) is 2.82. The van der Waals surface area contributed by atoms with Crippen LogP contribution < -0.4 is 10.6 Å². The molecule has 1 aliphatic carbocycles. The lowest BCUT2D eigenvalue weighted by Crippen LogP contribution is -2.40. The van der Waals surface area contributed by atoms with Gasteiger partial charge in [0.25, 0.3) is 0 Å². The number of aliphatic hydroxyl groups is 1. The number of hydrogen-bond acceptors (Lipinski definition) is 4. The van der Waals surface area contributed by atoms with Crippen molar-refractivity contribution in [1.82, 2.24) is 4.90 Å².